The number of aryl methyl sites for hydroxylation is 1. The average molecular weight is 199 g/mol. The van der Waals surface area contributed by atoms with E-state index in [2.05, 4.69) is 21.8 Å². The summed E-state index contributed by atoms with van der Waals surface area (Å²) in [6.07, 6.45) is 4.72. The Morgan fingerprint density at radius 2 is 2.31 bits per heavy atom. The van der Waals surface area contributed by atoms with Gasteiger partial charge in [-0.1, -0.05) is 5.10 Å². The highest BCUT2D eigenvalue weighted by molar-refractivity contribution is 8.00. The average Bonchev–Trinajstić information content (AvgIpc) is 2.81. The maximum Gasteiger partial charge on any atom is 0.315 e. The first-order chi connectivity index (χ1) is 6.24. The molecule has 0 aromatic carbocycles. The molecular weight excluding hydrogens is 186 g/mol. The monoisotopic (exact) mass is 199 g/mol. The fourth-order valence-corrected chi connectivity index (χ4v) is 1.92. The van der Waals surface area contributed by atoms with E-state index < -0.39 is 0 Å². The molecule has 1 aliphatic rings. The maximum absolute atomic E-state index is 5.21. The van der Waals surface area contributed by atoms with Crippen LogP contribution < -0.4 is 5.32 Å². The highest BCUT2D eigenvalue weighted by atomic mass is 32.2. The summed E-state index contributed by atoms with van der Waals surface area (Å²) in [5.41, 5.74) is 0. The molecule has 0 amide bonds. The van der Waals surface area contributed by atoms with Gasteiger partial charge in [0.2, 0.25) is 5.89 Å². The topological polar surface area (TPSA) is 51.0 Å². The van der Waals surface area contributed by atoms with Gasteiger partial charge in [0.05, 0.1) is 0 Å². The molecule has 0 saturated heterocycles. The van der Waals surface area contributed by atoms with Crippen LogP contribution in [-0.4, -0.2) is 27.7 Å². The molecular formula is C8H13N3OS. The van der Waals surface area contributed by atoms with Crippen molar-refractivity contribution >= 4 is 17.8 Å². The third kappa shape index (κ3) is 1.96. The Balaban J connectivity index is 1.86. The van der Waals surface area contributed by atoms with Gasteiger partial charge in [-0.05, 0) is 19.1 Å². The Hall–Kier alpha value is -0.710. The molecule has 1 aliphatic carbocycles. The van der Waals surface area contributed by atoms with Crippen molar-refractivity contribution in [1.29, 1.82) is 0 Å². The van der Waals surface area contributed by atoms with E-state index in [1.54, 1.807) is 6.92 Å². The second-order valence-corrected chi connectivity index (χ2v) is 4.64. The molecule has 0 aliphatic heterocycles. The summed E-state index contributed by atoms with van der Waals surface area (Å²) >= 11 is 1.91. The summed E-state index contributed by atoms with van der Waals surface area (Å²) in [5.74, 6) is 0.608. The lowest BCUT2D eigenvalue weighted by molar-refractivity contribution is 0.530. The van der Waals surface area contributed by atoms with Crippen LogP contribution >= 0.6 is 11.8 Å². The number of nitrogens with zero attached hydrogens (tertiary/aromatic N) is 2. The van der Waals surface area contributed by atoms with Crippen molar-refractivity contribution in [3.8, 4) is 0 Å². The lowest BCUT2D eigenvalue weighted by Crippen LogP contribution is -2.17. The quantitative estimate of drug-likeness (QED) is 0.799. The molecule has 1 heterocycles. The fraction of sp³-hybridized carbons (Fsp3) is 0.750. The summed E-state index contributed by atoms with van der Waals surface area (Å²) in [7, 11) is 0. The van der Waals surface area contributed by atoms with Crippen LogP contribution in [-0.2, 0) is 0 Å². The second-order valence-electron chi connectivity index (χ2n) is 3.37. The van der Waals surface area contributed by atoms with Gasteiger partial charge in [0, 0.05) is 18.2 Å². The Bertz CT molecular complexity index is 295. The van der Waals surface area contributed by atoms with Crippen LogP contribution in [0.25, 0.3) is 0 Å². The molecule has 0 spiro atoms. The minimum Gasteiger partial charge on any atom is -0.408 e. The van der Waals surface area contributed by atoms with Gasteiger partial charge in [0.1, 0.15) is 0 Å². The van der Waals surface area contributed by atoms with Gasteiger partial charge in [0.15, 0.2) is 0 Å². The normalized spacial score (nSPS) is 18.6. The molecule has 5 heteroatoms. The zero-order valence-electron chi connectivity index (χ0n) is 7.83. The van der Waals surface area contributed by atoms with Crippen LogP contribution in [0.4, 0.5) is 6.01 Å². The van der Waals surface area contributed by atoms with Crippen molar-refractivity contribution in [2.24, 2.45) is 0 Å². The minimum atomic E-state index is 0.433. The van der Waals surface area contributed by atoms with E-state index in [1.165, 1.54) is 12.8 Å². The van der Waals surface area contributed by atoms with Gasteiger partial charge in [-0.2, -0.15) is 11.8 Å². The first-order valence-corrected chi connectivity index (χ1v) is 5.56. The van der Waals surface area contributed by atoms with Crippen molar-refractivity contribution in [2.75, 3.05) is 18.1 Å². The molecule has 1 aromatic rings. The Morgan fingerprint density at radius 1 is 1.54 bits per heavy atom. The van der Waals surface area contributed by atoms with Crippen LogP contribution in [0.5, 0.6) is 0 Å². The van der Waals surface area contributed by atoms with Gasteiger partial charge >= 0.3 is 6.01 Å². The SMILES string of the molecule is CSC1(CNc2nnc(C)o2)CC1. The largest absolute Gasteiger partial charge is 0.408 e. The molecule has 1 aromatic heterocycles. The summed E-state index contributed by atoms with van der Waals surface area (Å²) in [4.78, 5) is 0. The van der Waals surface area contributed by atoms with Crippen LogP contribution in [0.15, 0.2) is 4.42 Å². The van der Waals surface area contributed by atoms with Crippen LogP contribution in [0.1, 0.15) is 18.7 Å². The lowest BCUT2D eigenvalue weighted by atomic mass is 10.4. The molecule has 0 radical (unpaired) electrons. The van der Waals surface area contributed by atoms with Crippen molar-refractivity contribution < 1.29 is 4.42 Å². The predicted octanol–water partition coefficient (Wildman–Crippen LogP) is 1.69. The van der Waals surface area contributed by atoms with Crippen molar-refractivity contribution in [1.82, 2.24) is 10.2 Å². The summed E-state index contributed by atoms with van der Waals surface area (Å²) in [5, 5.41) is 10.8. The zero-order valence-corrected chi connectivity index (χ0v) is 8.65. The fourth-order valence-electron chi connectivity index (χ4n) is 1.20. The first kappa shape index (κ1) is 8.87. The maximum atomic E-state index is 5.21. The number of anilines is 1. The summed E-state index contributed by atoms with van der Waals surface area (Å²) in [6, 6.07) is 0.540. The van der Waals surface area contributed by atoms with Gasteiger partial charge in [-0.3, -0.25) is 0 Å². The first-order valence-electron chi connectivity index (χ1n) is 4.33. The van der Waals surface area contributed by atoms with E-state index >= 15 is 0 Å². The smallest absolute Gasteiger partial charge is 0.315 e. The van der Waals surface area contributed by atoms with E-state index in [9.17, 15) is 0 Å². The highest BCUT2D eigenvalue weighted by Gasteiger charge is 2.41. The number of thioether (sulfide) groups is 1. The molecule has 0 unspecified atom stereocenters. The summed E-state index contributed by atoms with van der Waals surface area (Å²) in [6.45, 7) is 2.72. The van der Waals surface area contributed by atoms with E-state index in [-0.39, 0.29) is 0 Å². The summed E-state index contributed by atoms with van der Waals surface area (Å²) < 4.78 is 5.64. The molecule has 72 valence electrons. The minimum absolute atomic E-state index is 0.433. The van der Waals surface area contributed by atoms with E-state index in [1.807, 2.05) is 11.8 Å². The molecule has 13 heavy (non-hydrogen) atoms. The number of hydrogen-bond donors (Lipinski definition) is 1. The van der Waals surface area contributed by atoms with Gasteiger partial charge in [-0.15, -0.1) is 5.10 Å². The van der Waals surface area contributed by atoms with Gasteiger partial charge in [0.25, 0.3) is 0 Å². The van der Waals surface area contributed by atoms with Gasteiger partial charge < -0.3 is 9.73 Å². The Kier molecular flexibility index (Phi) is 2.19. The molecule has 1 fully saturated rings. The van der Waals surface area contributed by atoms with Gasteiger partial charge in [-0.25, -0.2) is 0 Å². The standard InChI is InChI=1S/C8H13N3OS/c1-6-10-11-7(12-6)9-5-8(13-2)3-4-8/h3-5H2,1-2H3,(H,9,11). The molecule has 4 nitrogen and oxygen atoms in total. The number of rotatable bonds is 4. The van der Waals surface area contributed by atoms with E-state index in [0.717, 1.165) is 6.54 Å². The molecule has 1 N–H and O–H groups in total. The van der Waals surface area contributed by atoms with E-state index in [0.29, 0.717) is 16.7 Å². The van der Waals surface area contributed by atoms with Crippen molar-refractivity contribution in [2.45, 2.75) is 24.5 Å². The number of hydrogen-bond acceptors (Lipinski definition) is 5. The lowest BCUT2D eigenvalue weighted by Gasteiger charge is -2.10. The third-order valence-corrected chi connectivity index (χ3v) is 3.75. The Labute approximate surface area is 81.5 Å². The second kappa shape index (κ2) is 3.21. The van der Waals surface area contributed by atoms with Crippen molar-refractivity contribution in [3.63, 3.8) is 0 Å². The molecule has 0 bridgehead atoms. The van der Waals surface area contributed by atoms with E-state index in [4.69, 9.17) is 4.42 Å². The number of nitrogens with one attached hydrogen (secondary N) is 1. The third-order valence-electron chi connectivity index (χ3n) is 2.33. The predicted molar refractivity (Wildman–Crippen MR) is 53.0 cm³/mol. The van der Waals surface area contributed by atoms with Crippen molar-refractivity contribution in [3.05, 3.63) is 5.89 Å². The van der Waals surface area contributed by atoms with Crippen LogP contribution in [0.2, 0.25) is 0 Å². The molecule has 1 saturated carbocycles. The Morgan fingerprint density at radius 3 is 2.77 bits per heavy atom. The van der Waals surface area contributed by atoms with Crippen LogP contribution in [0.3, 0.4) is 0 Å². The number of aromatic nitrogens is 2. The zero-order chi connectivity index (χ0) is 9.31. The highest BCUT2D eigenvalue weighted by Crippen LogP contribution is 2.46. The molecule has 2 rings (SSSR count). The molecule has 0 atom stereocenters. The van der Waals surface area contributed by atoms with Crippen LogP contribution in [0, 0.1) is 6.92 Å².